The molecule has 0 fully saturated rings. The Balaban J connectivity index is 2.30. The average molecular weight is 270 g/mol. The zero-order chi connectivity index (χ0) is 14.0. The molecule has 0 spiro atoms. The summed E-state index contributed by atoms with van der Waals surface area (Å²) in [5.41, 5.74) is 0.784. The van der Waals surface area contributed by atoms with Gasteiger partial charge in [0, 0.05) is 0 Å². The molecule has 4 heterocycles. The van der Waals surface area contributed by atoms with Crippen LogP contribution in [0, 0.1) is 13.8 Å². The number of allylic oxidation sites excluding steroid dienone is 2. The van der Waals surface area contributed by atoms with Gasteiger partial charge < -0.3 is 0 Å². The fraction of sp³-hybridized carbons (Fsp3) is 0.429. The van der Waals surface area contributed by atoms with Gasteiger partial charge in [0.2, 0.25) is 0 Å². The van der Waals surface area contributed by atoms with Gasteiger partial charge in [-0.05, 0) is 26.7 Å². The smallest absolute Gasteiger partial charge is 0.267 e. The molecule has 0 radical (unpaired) electrons. The first kappa shape index (κ1) is 11.6. The summed E-state index contributed by atoms with van der Waals surface area (Å²) in [6, 6.07) is -0.0325. The Bertz CT molecular complexity index is 818. The van der Waals surface area contributed by atoms with Crippen molar-refractivity contribution >= 4 is 10.8 Å². The van der Waals surface area contributed by atoms with Crippen LogP contribution in [0.15, 0.2) is 21.7 Å². The first-order valence-electron chi connectivity index (χ1n) is 6.79. The second-order valence-electron chi connectivity index (χ2n) is 5.52. The van der Waals surface area contributed by atoms with Crippen molar-refractivity contribution in [2.24, 2.45) is 0 Å². The molecule has 2 bridgehead atoms. The van der Waals surface area contributed by atoms with Gasteiger partial charge in [0.05, 0.1) is 34.2 Å². The average Bonchev–Trinajstić information content (AvgIpc) is 2.47. The van der Waals surface area contributed by atoms with Crippen LogP contribution in [0.2, 0.25) is 0 Å². The summed E-state index contributed by atoms with van der Waals surface area (Å²) in [6.45, 7) is 3.45. The van der Waals surface area contributed by atoms with Crippen LogP contribution in [0.3, 0.4) is 0 Å². The van der Waals surface area contributed by atoms with Crippen LogP contribution in [0.4, 0.5) is 0 Å². The molecule has 0 amide bonds. The molecule has 20 heavy (non-hydrogen) atoms. The van der Waals surface area contributed by atoms with Gasteiger partial charge in [-0.2, -0.15) is 10.2 Å². The zero-order valence-electron chi connectivity index (χ0n) is 11.3. The van der Waals surface area contributed by atoms with E-state index in [4.69, 9.17) is 0 Å². The van der Waals surface area contributed by atoms with Crippen LogP contribution in [-0.4, -0.2) is 19.6 Å². The highest BCUT2D eigenvalue weighted by atomic mass is 16.2. The minimum absolute atomic E-state index is 0.0162. The maximum Gasteiger partial charge on any atom is 0.275 e. The normalized spacial score (nSPS) is 23.3. The third kappa shape index (κ3) is 1.23. The number of rotatable bonds is 0. The summed E-state index contributed by atoms with van der Waals surface area (Å²) in [7, 11) is 0. The Labute approximate surface area is 114 Å². The van der Waals surface area contributed by atoms with E-state index < -0.39 is 0 Å². The van der Waals surface area contributed by atoms with Crippen molar-refractivity contribution in [1.29, 1.82) is 0 Å². The lowest BCUT2D eigenvalue weighted by atomic mass is 9.95. The molecule has 0 saturated heterocycles. The first-order chi connectivity index (χ1) is 9.59. The number of hydrogen-bond donors (Lipinski definition) is 0. The Kier molecular flexibility index (Phi) is 2.11. The minimum atomic E-state index is -0.130. The molecule has 0 N–H and O–H groups in total. The zero-order valence-corrected chi connectivity index (χ0v) is 11.3. The second kappa shape index (κ2) is 3.65. The van der Waals surface area contributed by atoms with Gasteiger partial charge in [0.25, 0.3) is 11.1 Å². The van der Waals surface area contributed by atoms with E-state index in [1.54, 1.807) is 23.2 Å². The summed E-state index contributed by atoms with van der Waals surface area (Å²) in [5, 5.41) is 8.81. The third-order valence-electron chi connectivity index (χ3n) is 4.34. The number of nitrogens with zero attached hydrogens (tertiary/aromatic N) is 4. The van der Waals surface area contributed by atoms with Crippen molar-refractivity contribution in [3.8, 4) is 0 Å². The topological polar surface area (TPSA) is 69.8 Å². The molecule has 6 nitrogen and oxygen atoms in total. The van der Waals surface area contributed by atoms with E-state index in [-0.39, 0.29) is 23.2 Å². The van der Waals surface area contributed by atoms with E-state index in [1.807, 2.05) is 12.2 Å². The molecule has 102 valence electrons. The molecule has 0 saturated carbocycles. The Morgan fingerprint density at radius 3 is 1.65 bits per heavy atom. The fourth-order valence-electron chi connectivity index (χ4n) is 3.38. The molecule has 2 atom stereocenters. The Morgan fingerprint density at radius 2 is 1.30 bits per heavy atom. The van der Waals surface area contributed by atoms with Crippen molar-refractivity contribution in [1.82, 2.24) is 19.6 Å². The predicted molar refractivity (Wildman–Crippen MR) is 74.0 cm³/mol. The summed E-state index contributed by atoms with van der Waals surface area (Å²) in [5.74, 6) is 0. The monoisotopic (exact) mass is 270 g/mol. The standard InChI is InChI=1S/C14H14N4O2/c1-7-11-12(8(2)16-15-7)14(20)18-10-5-3-9(4-6-10)17(18)13(11)19/h3,5,9-10H,4,6H2,1-2H3. The van der Waals surface area contributed by atoms with Crippen LogP contribution >= 0.6 is 0 Å². The van der Waals surface area contributed by atoms with Gasteiger partial charge in [-0.1, -0.05) is 12.2 Å². The van der Waals surface area contributed by atoms with E-state index in [9.17, 15) is 9.59 Å². The molecule has 2 aliphatic heterocycles. The van der Waals surface area contributed by atoms with Crippen molar-refractivity contribution in [2.45, 2.75) is 38.8 Å². The van der Waals surface area contributed by atoms with Gasteiger partial charge in [-0.3, -0.25) is 9.59 Å². The molecule has 2 aromatic heterocycles. The molecule has 0 aromatic carbocycles. The van der Waals surface area contributed by atoms with Crippen LogP contribution in [0.1, 0.15) is 36.3 Å². The largest absolute Gasteiger partial charge is 0.275 e. The molecule has 2 aromatic rings. The van der Waals surface area contributed by atoms with Crippen LogP contribution in [0.25, 0.3) is 10.8 Å². The maximum absolute atomic E-state index is 12.8. The highest BCUT2D eigenvalue weighted by Gasteiger charge is 2.32. The van der Waals surface area contributed by atoms with Crippen molar-refractivity contribution in [3.63, 3.8) is 0 Å². The third-order valence-corrected chi connectivity index (χ3v) is 4.34. The summed E-state index contributed by atoms with van der Waals surface area (Å²) >= 11 is 0. The number of aryl methyl sites for hydroxylation is 2. The van der Waals surface area contributed by atoms with E-state index >= 15 is 0 Å². The van der Waals surface area contributed by atoms with Crippen LogP contribution in [-0.2, 0) is 0 Å². The predicted octanol–water partition coefficient (Wildman–Crippen LogP) is 1.02. The van der Waals surface area contributed by atoms with Crippen LogP contribution in [0.5, 0.6) is 0 Å². The molecular weight excluding hydrogens is 256 g/mol. The van der Waals surface area contributed by atoms with Crippen molar-refractivity contribution in [3.05, 3.63) is 44.2 Å². The van der Waals surface area contributed by atoms with E-state index in [1.165, 1.54) is 0 Å². The maximum atomic E-state index is 12.8. The summed E-state index contributed by atoms with van der Waals surface area (Å²) in [4.78, 5) is 25.6. The molecule has 2 unspecified atom stereocenters. The summed E-state index contributed by atoms with van der Waals surface area (Å²) < 4.78 is 3.21. The minimum Gasteiger partial charge on any atom is -0.267 e. The molecule has 1 aliphatic carbocycles. The lowest BCUT2D eigenvalue weighted by Gasteiger charge is -2.36. The molecule has 3 aliphatic rings. The van der Waals surface area contributed by atoms with Gasteiger partial charge in [-0.15, -0.1) is 0 Å². The lowest BCUT2D eigenvalue weighted by molar-refractivity contribution is 0.248. The van der Waals surface area contributed by atoms with Crippen molar-refractivity contribution in [2.75, 3.05) is 0 Å². The molecule has 6 heteroatoms. The SMILES string of the molecule is Cc1nnc(C)c2c(=O)n3n(c(=O)c12)C1C=CC3CC1. The number of hydrogen-bond acceptors (Lipinski definition) is 4. The molecular formula is C14H14N4O2. The highest BCUT2D eigenvalue weighted by Crippen LogP contribution is 2.33. The van der Waals surface area contributed by atoms with Gasteiger partial charge in [-0.25, -0.2) is 9.36 Å². The quantitative estimate of drug-likeness (QED) is 0.670. The van der Waals surface area contributed by atoms with Gasteiger partial charge in [0.1, 0.15) is 0 Å². The highest BCUT2D eigenvalue weighted by molar-refractivity contribution is 5.84. The van der Waals surface area contributed by atoms with Gasteiger partial charge in [0.15, 0.2) is 0 Å². The Hall–Kier alpha value is -2.24. The van der Waals surface area contributed by atoms with Crippen LogP contribution < -0.4 is 11.1 Å². The first-order valence-corrected chi connectivity index (χ1v) is 6.79. The Morgan fingerprint density at radius 1 is 0.900 bits per heavy atom. The van der Waals surface area contributed by atoms with E-state index in [0.717, 1.165) is 12.8 Å². The number of fused-ring (bicyclic) bond motifs is 2. The van der Waals surface area contributed by atoms with Crippen molar-refractivity contribution < 1.29 is 0 Å². The second-order valence-corrected chi connectivity index (χ2v) is 5.52. The van der Waals surface area contributed by atoms with E-state index in [0.29, 0.717) is 22.2 Å². The van der Waals surface area contributed by atoms with Gasteiger partial charge >= 0.3 is 0 Å². The number of aromatic nitrogens is 4. The molecule has 5 rings (SSSR count). The van der Waals surface area contributed by atoms with E-state index in [2.05, 4.69) is 10.2 Å². The fourth-order valence-corrected chi connectivity index (χ4v) is 3.38. The lowest BCUT2D eigenvalue weighted by Crippen LogP contribution is -2.47. The summed E-state index contributed by atoms with van der Waals surface area (Å²) in [6.07, 6.45) is 5.86.